The smallest absolute Gasteiger partial charge is 0.103 e. The van der Waals surface area contributed by atoms with Crippen molar-refractivity contribution in [3.05, 3.63) is 12.3 Å². The highest BCUT2D eigenvalue weighted by molar-refractivity contribution is 9.09. The second kappa shape index (κ2) is 1.65. The molecule has 0 amide bonds. The van der Waals surface area contributed by atoms with Gasteiger partial charge in [-0.05, 0) is 6.08 Å². The van der Waals surface area contributed by atoms with Crippen molar-refractivity contribution in [3.8, 4) is 0 Å². The van der Waals surface area contributed by atoms with Crippen LogP contribution in [0.2, 0.25) is 0 Å². The molecule has 1 aliphatic heterocycles. The normalized spacial score (nSPS) is 30.5. The highest BCUT2D eigenvalue weighted by atomic mass is 79.9. The van der Waals surface area contributed by atoms with Crippen molar-refractivity contribution in [2.75, 3.05) is 6.61 Å². The number of hydrogen-bond donors (Lipinski definition) is 0. The van der Waals surface area contributed by atoms with Gasteiger partial charge in [0.05, 0.1) is 11.1 Å². The van der Waals surface area contributed by atoms with Gasteiger partial charge in [0, 0.05) is 0 Å². The Kier molecular flexibility index (Phi) is 1.15. The van der Waals surface area contributed by atoms with Crippen molar-refractivity contribution in [1.82, 2.24) is 0 Å². The molecule has 0 aromatic carbocycles. The Balaban J connectivity index is 2.38. The van der Waals surface area contributed by atoms with Crippen molar-refractivity contribution in [2.45, 2.75) is 4.83 Å². The van der Waals surface area contributed by atoms with Crippen LogP contribution in [0.15, 0.2) is 12.3 Å². The molecule has 0 N–H and O–H groups in total. The van der Waals surface area contributed by atoms with Crippen LogP contribution in [-0.2, 0) is 4.74 Å². The first-order valence-electron chi connectivity index (χ1n) is 1.82. The van der Waals surface area contributed by atoms with Crippen LogP contribution in [-0.4, -0.2) is 11.4 Å². The van der Waals surface area contributed by atoms with Gasteiger partial charge in [-0.1, -0.05) is 15.9 Å². The van der Waals surface area contributed by atoms with Gasteiger partial charge in [0.2, 0.25) is 0 Å². The summed E-state index contributed by atoms with van der Waals surface area (Å²) in [5.74, 6) is 0. The molecule has 1 rings (SSSR count). The van der Waals surface area contributed by atoms with E-state index in [1.807, 2.05) is 6.08 Å². The van der Waals surface area contributed by atoms with Crippen LogP contribution in [0.4, 0.5) is 0 Å². The predicted molar refractivity (Wildman–Crippen MR) is 27.8 cm³/mol. The molecule has 0 radical (unpaired) electrons. The third-order valence-corrected chi connectivity index (χ3v) is 1.21. The van der Waals surface area contributed by atoms with Gasteiger partial charge in [0.15, 0.2) is 0 Å². The van der Waals surface area contributed by atoms with Gasteiger partial charge in [-0.2, -0.15) is 0 Å². The van der Waals surface area contributed by atoms with E-state index in [1.54, 1.807) is 6.26 Å². The summed E-state index contributed by atoms with van der Waals surface area (Å²) in [5, 5.41) is 0. The topological polar surface area (TPSA) is 9.23 Å². The Morgan fingerprint density at radius 1 is 1.83 bits per heavy atom. The van der Waals surface area contributed by atoms with Gasteiger partial charge in [-0.15, -0.1) is 0 Å². The molecule has 0 spiro atoms. The van der Waals surface area contributed by atoms with E-state index in [9.17, 15) is 0 Å². The first-order valence-corrected chi connectivity index (χ1v) is 2.73. The molecule has 6 heavy (non-hydrogen) atoms. The third-order valence-electron chi connectivity index (χ3n) is 0.639. The first kappa shape index (κ1) is 4.19. The Morgan fingerprint density at radius 2 is 2.67 bits per heavy atom. The van der Waals surface area contributed by atoms with Crippen LogP contribution in [0.5, 0.6) is 0 Å². The molecule has 0 aromatic rings. The van der Waals surface area contributed by atoms with Gasteiger partial charge in [-0.3, -0.25) is 0 Å². The number of alkyl halides is 1. The number of hydrogen-bond acceptors (Lipinski definition) is 1. The fourth-order valence-corrected chi connectivity index (χ4v) is 0.621. The van der Waals surface area contributed by atoms with Crippen molar-refractivity contribution in [2.24, 2.45) is 0 Å². The molecule has 1 aliphatic rings. The van der Waals surface area contributed by atoms with Crippen LogP contribution in [0, 0.1) is 0 Å². The minimum atomic E-state index is 0.456. The number of halogens is 1. The molecule has 0 aliphatic carbocycles. The maximum Gasteiger partial charge on any atom is 0.103 e. The van der Waals surface area contributed by atoms with E-state index < -0.39 is 0 Å². The monoisotopic (exact) mass is 148 g/mol. The predicted octanol–water partition coefficient (Wildman–Crippen LogP) is 1.29. The van der Waals surface area contributed by atoms with Crippen LogP contribution < -0.4 is 0 Å². The van der Waals surface area contributed by atoms with Crippen molar-refractivity contribution >= 4 is 15.9 Å². The van der Waals surface area contributed by atoms with Crippen molar-refractivity contribution in [1.29, 1.82) is 0 Å². The average Bonchev–Trinajstić information content (AvgIpc) is 1.86. The molecule has 0 aromatic heterocycles. The fourth-order valence-electron chi connectivity index (χ4n) is 0.344. The molecule has 0 bridgehead atoms. The van der Waals surface area contributed by atoms with Gasteiger partial charge < -0.3 is 4.74 Å². The minimum Gasteiger partial charge on any atom is -0.500 e. The Morgan fingerprint density at radius 3 is 2.83 bits per heavy atom. The van der Waals surface area contributed by atoms with Crippen LogP contribution in [0.25, 0.3) is 0 Å². The van der Waals surface area contributed by atoms with E-state index in [2.05, 4.69) is 15.9 Å². The second-order valence-electron chi connectivity index (χ2n) is 1.18. The zero-order valence-electron chi connectivity index (χ0n) is 3.23. The summed E-state index contributed by atoms with van der Waals surface area (Å²) in [6, 6.07) is 0. The molecule has 0 saturated carbocycles. The van der Waals surface area contributed by atoms with Crippen LogP contribution >= 0.6 is 15.9 Å². The molecular formula is C4H5BrO. The summed E-state index contributed by atoms with van der Waals surface area (Å²) in [5.41, 5.74) is 0. The van der Waals surface area contributed by atoms with E-state index in [0.717, 1.165) is 6.61 Å². The molecule has 2 heteroatoms. The van der Waals surface area contributed by atoms with Gasteiger partial charge in [-0.25, -0.2) is 0 Å². The zero-order valence-corrected chi connectivity index (χ0v) is 4.81. The Labute approximate surface area is 45.1 Å². The summed E-state index contributed by atoms with van der Waals surface area (Å²) < 4.78 is 4.83. The largest absolute Gasteiger partial charge is 0.500 e. The van der Waals surface area contributed by atoms with E-state index in [-0.39, 0.29) is 0 Å². The molecular weight excluding hydrogens is 144 g/mol. The summed E-state index contributed by atoms with van der Waals surface area (Å²) in [4.78, 5) is 0.456. The molecule has 1 atom stereocenters. The maximum absolute atomic E-state index is 4.83. The zero-order chi connectivity index (χ0) is 4.41. The second-order valence-corrected chi connectivity index (χ2v) is 2.35. The first-order chi connectivity index (χ1) is 2.89. The van der Waals surface area contributed by atoms with Crippen molar-refractivity contribution < 1.29 is 4.74 Å². The van der Waals surface area contributed by atoms with Gasteiger partial charge in [0.1, 0.15) is 6.61 Å². The van der Waals surface area contributed by atoms with Gasteiger partial charge in [0.25, 0.3) is 0 Å². The van der Waals surface area contributed by atoms with E-state index in [0.29, 0.717) is 4.83 Å². The summed E-state index contributed by atoms with van der Waals surface area (Å²) in [6.07, 6.45) is 3.68. The van der Waals surface area contributed by atoms with E-state index in [1.165, 1.54) is 0 Å². The molecule has 1 nitrogen and oxygen atoms in total. The van der Waals surface area contributed by atoms with Crippen LogP contribution in [0.1, 0.15) is 0 Å². The maximum atomic E-state index is 4.83. The lowest BCUT2D eigenvalue weighted by Gasteiger charge is -1.88. The number of rotatable bonds is 0. The highest BCUT2D eigenvalue weighted by Crippen LogP contribution is 2.07. The standard InChI is InChI=1S/C4H5BrO/c5-4-1-2-6-3-4/h1-2,4H,3H2. The van der Waals surface area contributed by atoms with Crippen molar-refractivity contribution in [3.63, 3.8) is 0 Å². The lowest BCUT2D eigenvalue weighted by atomic mass is 10.5. The molecule has 0 fully saturated rings. The SMILES string of the molecule is BrC1C=COC1. The minimum absolute atomic E-state index is 0.456. The highest BCUT2D eigenvalue weighted by Gasteiger charge is 2.01. The summed E-state index contributed by atoms with van der Waals surface area (Å²) >= 11 is 3.33. The van der Waals surface area contributed by atoms with Gasteiger partial charge >= 0.3 is 0 Å². The lowest BCUT2D eigenvalue weighted by Crippen LogP contribution is -1.92. The third kappa shape index (κ3) is 0.744. The quantitative estimate of drug-likeness (QED) is 0.471. The summed E-state index contributed by atoms with van der Waals surface area (Å²) in [6.45, 7) is 0.792. The Bertz CT molecular complexity index is 69.9. The van der Waals surface area contributed by atoms with E-state index >= 15 is 0 Å². The fraction of sp³-hybridized carbons (Fsp3) is 0.500. The van der Waals surface area contributed by atoms with Crippen LogP contribution in [0.3, 0.4) is 0 Å². The van der Waals surface area contributed by atoms with E-state index in [4.69, 9.17) is 4.74 Å². The number of ether oxygens (including phenoxy) is 1. The average molecular weight is 149 g/mol. The summed E-state index contributed by atoms with van der Waals surface area (Å²) in [7, 11) is 0. The molecule has 0 saturated heterocycles. The molecule has 1 heterocycles. The molecule has 1 unspecified atom stereocenters. The molecule has 34 valence electrons. The Hall–Kier alpha value is 0.0200. The lowest BCUT2D eigenvalue weighted by molar-refractivity contribution is 0.285.